The minimum atomic E-state index is -2.72. The third-order valence-corrected chi connectivity index (χ3v) is 1.83. The van der Waals surface area contributed by atoms with Crippen LogP contribution in [-0.4, -0.2) is 17.6 Å². The second-order valence-electron chi connectivity index (χ2n) is 4.22. The van der Waals surface area contributed by atoms with Crippen molar-refractivity contribution >= 4 is 0 Å². The van der Waals surface area contributed by atoms with Crippen molar-refractivity contribution in [1.29, 1.82) is 0 Å². The number of hydrogen-bond donors (Lipinski definition) is 1. The van der Waals surface area contributed by atoms with Crippen LogP contribution in [0, 0.1) is 5.41 Å². The molecular weight excluding hydrogens is 174 g/mol. The van der Waals surface area contributed by atoms with Crippen LogP contribution in [0.2, 0.25) is 0 Å². The summed E-state index contributed by atoms with van der Waals surface area (Å²) in [5, 5.41) is 8.88. The Morgan fingerprint density at radius 3 is 2.15 bits per heavy atom. The minimum absolute atomic E-state index is 0.0867. The average molecular weight is 192 g/mol. The fourth-order valence-corrected chi connectivity index (χ4v) is 0.843. The van der Waals surface area contributed by atoms with Gasteiger partial charge in [0.25, 0.3) is 5.92 Å². The Morgan fingerprint density at radius 1 is 1.23 bits per heavy atom. The Bertz CT molecular complexity index is 168. The first-order valence-corrected chi connectivity index (χ1v) is 4.43. The lowest BCUT2D eigenvalue weighted by molar-refractivity contribution is 0.0769. The molecule has 0 atom stereocenters. The SMILES string of the molecule is CC(F)(F)/C=C/CCC(C)(C)CO. The highest BCUT2D eigenvalue weighted by Crippen LogP contribution is 2.22. The molecule has 0 fully saturated rings. The minimum Gasteiger partial charge on any atom is -0.396 e. The number of rotatable bonds is 5. The van der Waals surface area contributed by atoms with E-state index in [2.05, 4.69) is 0 Å². The Morgan fingerprint density at radius 2 is 1.77 bits per heavy atom. The van der Waals surface area contributed by atoms with E-state index in [-0.39, 0.29) is 12.0 Å². The normalized spacial score (nSPS) is 14.0. The van der Waals surface area contributed by atoms with Crippen molar-refractivity contribution in [3.8, 4) is 0 Å². The molecule has 0 spiro atoms. The van der Waals surface area contributed by atoms with Crippen LogP contribution in [0.5, 0.6) is 0 Å². The molecule has 0 heterocycles. The smallest absolute Gasteiger partial charge is 0.263 e. The number of aliphatic hydroxyl groups is 1. The highest BCUT2D eigenvalue weighted by molar-refractivity contribution is 4.92. The van der Waals surface area contributed by atoms with E-state index in [9.17, 15) is 8.78 Å². The summed E-state index contributed by atoms with van der Waals surface area (Å²) >= 11 is 0. The standard InChI is InChI=1S/C10H18F2O/c1-9(2,8-13)6-4-5-7-10(3,11)12/h5,7,13H,4,6,8H2,1-3H3/b7-5+. The Balaban J connectivity index is 3.74. The molecule has 0 aliphatic heterocycles. The molecular formula is C10H18F2O. The molecule has 0 saturated heterocycles. The van der Waals surface area contributed by atoms with Gasteiger partial charge in [-0.2, -0.15) is 0 Å². The van der Waals surface area contributed by atoms with Gasteiger partial charge < -0.3 is 5.11 Å². The number of allylic oxidation sites excluding steroid dienone is 2. The van der Waals surface area contributed by atoms with E-state index < -0.39 is 5.92 Å². The molecule has 3 heteroatoms. The molecule has 0 aliphatic carbocycles. The second-order valence-corrected chi connectivity index (χ2v) is 4.22. The fourth-order valence-electron chi connectivity index (χ4n) is 0.843. The molecule has 0 unspecified atom stereocenters. The lowest BCUT2D eigenvalue weighted by Gasteiger charge is -2.20. The van der Waals surface area contributed by atoms with E-state index in [0.717, 1.165) is 19.4 Å². The van der Waals surface area contributed by atoms with Gasteiger partial charge in [-0.15, -0.1) is 0 Å². The summed E-state index contributed by atoms with van der Waals surface area (Å²) in [6.07, 6.45) is 3.67. The topological polar surface area (TPSA) is 20.2 Å². The lowest BCUT2D eigenvalue weighted by atomic mass is 9.89. The van der Waals surface area contributed by atoms with Crippen molar-refractivity contribution in [2.75, 3.05) is 6.61 Å². The molecule has 78 valence electrons. The number of halogens is 2. The molecule has 0 aromatic rings. The van der Waals surface area contributed by atoms with Gasteiger partial charge in [-0.25, -0.2) is 8.78 Å². The van der Waals surface area contributed by atoms with Gasteiger partial charge in [-0.05, 0) is 24.3 Å². The largest absolute Gasteiger partial charge is 0.396 e. The maximum absolute atomic E-state index is 12.3. The zero-order valence-corrected chi connectivity index (χ0v) is 8.48. The van der Waals surface area contributed by atoms with Crippen molar-refractivity contribution in [2.24, 2.45) is 5.41 Å². The van der Waals surface area contributed by atoms with Gasteiger partial charge in [0.2, 0.25) is 0 Å². The molecule has 0 aromatic carbocycles. The van der Waals surface area contributed by atoms with Crippen LogP contribution in [0.15, 0.2) is 12.2 Å². The maximum Gasteiger partial charge on any atom is 0.263 e. The van der Waals surface area contributed by atoms with Crippen LogP contribution in [0.25, 0.3) is 0 Å². The van der Waals surface area contributed by atoms with Crippen LogP contribution in [0.3, 0.4) is 0 Å². The molecule has 13 heavy (non-hydrogen) atoms. The van der Waals surface area contributed by atoms with Gasteiger partial charge in [0.1, 0.15) is 0 Å². The van der Waals surface area contributed by atoms with E-state index in [1.54, 1.807) is 0 Å². The summed E-state index contributed by atoms with van der Waals surface area (Å²) in [6.45, 7) is 4.76. The summed E-state index contributed by atoms with van der Waals surface area (Å²) in [6, 6.07) is 0. The quantitative estimate of drug-likeness (QED) is 0.664. The second kappa shape index (κ2) is 4.70. The Labute approximate surface area is 78.5 Å². The molecule has 0 radical (unpaired) electrons. The summed E-state index contributed by atoms with van der Waals surface area (Å²) in [7, 11) is 0. The first kappa shape index (κ1) is 12.6. The molecule has 1 N–H and O–H groups in total. The van der Waals surface area contributed by atoms with Crippen LogP contribution < -0.4 is 0 Å². The van der Waals surface area contributed by atoms with Crippen LogP contribution in [-0.2, 0) is 0 Å². The van der Waals surface area contributed by atoms with Crippen molar-refractivity contribution < 1.29 is 13.9 Å². The van der Waals surface area contributed by atoms with E-state index in [0.29, 0.717) is 6.42 Å². The van der Waals surface area contributed by atoms with Gasteiger partial charge in [0.05, 0.1) is 0 Å². The van der Waals surface area contributed by atoms with Gasteiger partial charge in [-0.1, -0.05) is 19.9 Å². The number of hydrogen-bond acceptors (Lipinski definition) is 1. The summed E-state index contributed by atoms with van der Waals surface area (Å²) in [4.78, 5) is 0. The zero-order chi connectivity index (χ0) is 10.5. The van der Waals surface area contributed by atoms with Gasteiger partial charge in [0, 0.05) is 13.5 Å². The number of alkyl halides is 2. The van der Waals surface area contributed by atoms with Gasteiger partial charge in [0.15, 0.2) is 0 Å². The monoisotopic (exact) mass is 192 g/mol. The Hall–Kier alpha value is -0.440. The van der Waals surface area contributed by atoms with E-state index in [4.69, 9.17) is 5.11 Å². The van der Waals surface area contributed by atoms with Gasteiger partial charge >= 0.3 is 0 Å². The summed E-state index contributed by atoms with van der Waals surface area (Å²) in [5.41, 5.74) is -0.173. The lowest BCUT2D eigenvalue weighted by Crippen LogP contribution is -2.15. The highest BCUT2D eigenvalue weighted by atomic mass is 19.3. The predicted octanol–water partition coefficient (Wildman–Crippen LogP) is 3.00. The van der Waals surface area contributed by atoms with E-state index in [1.807, 2.05) is 13.8 Å². The van der Waals surface area contributed by atoms with Crippen LogP contribution in [0.4, 0.5) is 8.78 Å². The maximum atomic E-state index is 12.3. The van der Waals surface area contributed by atoms with Gasteiger partial charge in [-0.3, -0.25) is 0 Å². The predicted molar refractivity (Wildman–Crippen MR) is 49.9 cm³/mol. The molecule has 0 aliphatic rings. The first-order chi connectivity index (χ1) is 5.77. The van der Waals surface area contributed by atoms with Crippen molar-refractivity contribution in [3.05, 3.63) is 12.2 Å². The van der Waals surface area contributed by atoms with E-state index in [1.165, 1.54) is 6.08 Å². The average Bonchev–Trinajstić information content (AvgIpc) is 1.97. The summed E-state index contributed by atoms with van der Waals surface area (Å²) < 4.78 is 24.6. The van der Waals surface area contributed by atoms with Crippen LogP contribution >= 0.6 is 0 Å². The molecule has 0 saturated carbocycles. The first-order valence-electron chi connectivity index (χ1n) is 4.43. The molecule has 0 bridgehead atoms. The third kappa shape index (κ3) is 7.91. The van der Waals surface area contributed by atoms with Crippen molar-refractivity contribution in [3.63, 3.8) is 0 Å². The van der Waals surface area contributed by atoms with E-state index >= 15 is 0 Å². The number of aliphatic hydroxyl groups excluding tert-OH is 1. The fraction of sp³-hybridized carbons (Fsp3) is 0.800. The van der Waals surface area contributed by atoms with Crippen molar-refractivity contribution in [2.45, 2.75) is 39.5 Å². The molecule has 0 aromatic heterocycles. The highest BCUT2D eigenvalue weighted by Gasteiger charge is 2.17. The van der Waals surface area contributed by atoms with Crippen LogP contribution in [0.1, 0.15) is 33.6 Å². The van der Waals surface area contributed by atoms with Crippen molar-refractivity contribution in [1.82, 2.24) is 0 Å². The Kier molecular flexibility index (Phi) is 4.54. The zero-order valence-electron chi connectivity index (χ0n) is 8.48. The molecule has 0 amide bonds. The summed E-state index contributed by atoms with van der Waals surface area (Å²) in [5.74, 6) is -2.72. The molecule has 0 rings (SSSR count). The molecule has 1 nitrogen and oxygen atoms in total. The third-order valence-electron chi connectivity index (χ3n) is 1.83.